The Morgan fingerprint density at radius 2 is 2.09 bits per heavy atom. The molecule has 0 atom stereocenters. The Morgan fingerprint density at radius 3 is 2.77 bits per heavy atom. The summed E-state index contributed by atoms with van der Waals surface area (Å²) in [5.74, 6) is -0.473. The number of hydrogen-bond donors (Lipinski definition) is 0. The predicted octanol–water partition coefficient (Wildman–Crippen LogP) is 3.05. The Labute approximate surface area is 127 Å². The molecule has 0 fully saturated rings. The van der Waals surface area contributed by atoms with E-state index < -0.39 is 5.97 Å². The van der Waals surface area contributed by atoms with E-state index in [0.29, 0.717) is 16.6 Å². The van der Waals surface area contributed by atoms with Crippen molar-refractivity contribution in [3.8, 4) is 17.2 Å². The van der Waals surface area contributed by atoms with Gasteiger partial charge in [-0.2, -0.15) is 10.4 Å². The molecule has 0 N–H and O–H groups in total. The van der Waals surface area contributed by atoms with Gasteiger partial charge in [-0.1, -0.05) is 30.3 Å². The fraction of sp³-hybridized carbons (Fsp3) is 0.118. The number of esters is 1. The molecule has 0 aliphatic heterocycles. The van der Waals surface area contributed by atoms with Gasteiger partial charge in [0.15, 0.2) is 0 Å². The van der Waals surface area contributed by atoms with Crippen LogP contribution in [0.25, 0.3) is 16.6 Å². The number of fused-ring (bicyclic) bond motifs is 1. The second-order valence-electron chi connectivity index (χ2n) is 4.65. The number of rotatable bonds is 3. The lowest BCUT2D eigenvalue weighted by Gasteiger charge is -2.07. The highest BCUT2D eigenvalue weighted by Crippen LogP contribution is 2.28. The van der Waals surface area contributed by atoms with Crippen LogP contribution in [-0.4, -0.2) is 22.2 Å². The highest BCUT2D eigenvalue weighted by molar-refractivity contribution is 6.00. The van der Waals surface area contributed by atoms with E-state index in [9.17, 15) is 10.1 Å². The van der Waals surface area contributed by atoms with E-state index in [-0.39, 0.29) is 6.61 Å². The largest absolute Gasteiger partial charge is 0.462 e. The molecule has 5 heteroatoms. The van der Waals surface area contributed by atoms with Crippen LogP contribution in [0.1, 0.15) is 22.8 Å². The normalized spacial score (nSPS) is 10.4. The van der Waals surface area contributed by atoms with Crippen LogP contribution in [0.2, 0.25) is 0 Å². The number of benzene rings is 1. The molecule has 0 spiro atoms. The van der Waals surface area contributed by atoms with Gasteiger partial charge in [0.25, 0.3) is 0 Å². The maximum Gasteiger partial charge on any atom is 0.342 e. The number of nitriles is 1. The zero-order chi connectivity index (χ0) is 15.5. The highest BCUT2D eigenvalue weighted by atomic mass is 16.5. The Kier molecular flexibility index (Phi) is 3.58. The fourth-order valence-corrected chi connectivity index (χ4v) is 2.41. The lowest BCUT2D eigenvalue weighted by Crippen LogP contribution is -2.05. The molecule has 0 aliphatic rings. The minimum absolute atomic E-state index is 0.274. The van der Waals surface area contributed by atoms with E-state index in [1.165, 1.54) is 10.7 Å². The molecular formula is C17H13N3O2. The SMILES string of the molecule is CCOC(=O)c1cnn2ccc(-c3ccccc3)c(C#N)c12. The number of pyridine rings is 1. The monoisotopic (exact) mass is 291 g/mol. The second-order valence-corrected chi connectivity index (χ2v) is 4.65. The number of carbonyl (C=O) groups excluding carboxylic acids is 1. The molecule has 3 rings (SSSR count). The van der Waals surface area contributed by atoms with Crippen LogP contribution in [0.4, 0.5) is 0 Å². The minimum Gasteiger partial charge on any atom is -0.462 e. The molecule has 22 heavy (non-hydrogen) atoms. The number of carbonyl (C=O) groups is 1. The molecule has 2 aromatic heterocycles. The summed E-state index contributed by atoms with van der Waals surface area (Å²) >= 11 is 0. The zero-order valence-corrected chi connectivity index (χ0v) is 12.0. The highest BCUT2D eigenvalue weighted by Gasteiger charge is 2.19. The summed E-state index contributed by atoms with van der Waals surface area (Å²) in [5.41, 5.74) is 2.87. The average molecular weight is 291 g/mol. The second kappa shape index (κ2) is 5.70. The van der Waals surface area contributed by atoms with Crippen LogP contribution in [0.15, 0.2) is 48.8 Å². The number of aromatic nitrogens is 2. The van der Waals surface area contributed by atoms with Gasteiger partial charge in [0.2, 0.25) is 0 Å². The predicted molar refractivity (Wildman–Crippen MR) is 81.3 cm³/mol. The van der Waals surface area contributed by atoms with E-state index >= 15 is 0 Å². The lowest BCUT2D eigenvalue weighted by atomic mass is 10.00. The van der Waals surface area contributed by atoms with Crippen LogP contribution in [0.3, 0.4) is 0 Å². The van der Waals surface area contributed by atoms with E-state index in [4.69, 9.17) is 4.74 Å². The van der Waals surface area contributed by atoms with Crippen molar-refractivity contribution < 1.29 is 9.53 Å². The van der Waals surface area contributed by atoms with Crippen LogP contribution in [-0.2, 0) is 4.74 Å². The first-order valence-corrected chi connectivity index (χ1v) is 6.89. The van der Waals surface area contributed by atoms with Crippen molar-refractivity contribution in [2.75, 3.05) is 6.61 Å². The van der Waals surface area contributed by atoms with Gasteiger partial charge in [-0.05, 0) is 18.6 Å². The van der Waals surface area contributed by atoms with Gasteiger partial charge in [0, 0.05) is 11.8 Å². The first kappa shape index (κ1) is 13.8. The van der Waals surface area contributed by atoms with Crippen molar-refractivity contribution in [1.82, 2.24) is 9.61 Å². The maximum absolute atomic E-state index is 12.1. The van der Waals surface area contributed by atoms with Gasteiger partial charge in [-0.25, -0.2) is 9.31 Å². The molecule has 3 aromatic rings. The lowest BCUT2D eigenvalue weighted by molar-refractivity contribution is 0.0528. The number of ether oxygens (including phenoxy) is 1. The molecule has 0 aliphatic carbocycles. The van der Waals surface area contributed by atoms with E-state index in [1.54, 1.807) is 13.1 Å². The zero-order valence-electron chi connectivity index (χ0n) is 12.0. The minimum atomic E-state index is -0.473. The van der Waals surface area contributed by atoms with Gasteiger partial charge < -0.3 is 4.74 Å². The summed E-state index contributed by atoms with van der Waals surface area (Å²) in [6.45, 7) is 2.01. The third kappa shape index (κ3) is 2.21. The van der Waals surface area contributed by atoms with E-state index in [2.05, 4.69) is 11.2 Å². The first-order chi connectivity index (χ1) is 10.8. The molecule has 0 unspecified atom stereocenters. The molecule has 2 heterocycles. The molecule has 0 saturated heterocycles. The van der Waals surface area contributed by atoms with Crippen LogP contribution in [0, 0.1) is 11.3 Å². The standard InChI is InChI=1S/C17H13N3O2/c1-2-22-17(21)15-11-19-20-9-8-13(14(10-18)16(15)20)12-6-4-3-5-7-12/h3-9,11H,2H2,1H3. The van der Waals surface area contributed by atoms with Gasteiger partial charge >= 0.3 is 5.97 Å². The first-order valence-electron chi connectivity index (χ1n) is 6.89. The Morgan fingerprint density at radius 1 is 1.32 bits per heavy atom. The van der Waals surface area contributed by atoms with Gasteiger partial charge in [0.1, 0.15) is 11.6 Å². The van der Waals surface area contributed by atoms with Gasteiger partial charge in [0.05, 0.1) is 23.9 Å². The maximum atomic E-state index is 12.1. The molecule has 0 bridgehead atoms. The van der Waals surface area contributed by atoms with Crippen molar-refractivity contribution >= 4 is 11.5 Å². The summed E-state index contributed by atoms with van der Waals surface area (Å²) in [7, 11) is 0. The quantitative estimate of drug-likeness (QED) is 0.695. The smallest absolute Gasteiger partial charge is 0.342 e. The summed E-state index contributed by atoms with van der Waals surface area (Å²) in [4.78, 5) is 12.1. The van der Waals surface area contributed by atoms with Gasteiger partial charge in [-0.15, -0.1) is 0 Å². The molecule has 0 radical (unpaired) electrons. The number of nitrogens with zero attached hydrogens (tertiary/aromatic N) is 3. The molecule has 1 aromatic carbocycles. The van der Waals surface area contributed by atoms with Crippen molar-refractivity contribution in [3.63, 3.8) is 0 Å². The van der Waals surface area contributed by atoms with Crippen LogP contribution in [0.5, 0.6) is 0 Å². The molecular weight excluding hydrogens is 278 g/mol. The summed E-state index contributed by atoms with van der Waals surface area (Å²) in [6, 6.07) is 13.6. The molecule has 108 valence electrons. The third-order valence-electron chi connectivity index (χ3n) is 3.38. The summed E-state index contributed by atoms with van der Waals surface area (Å²) in [6.07, 6.45) is 3.17. The van der Waals surface area contributed by atoms with Crippen molar-refractivity contribution in [1.29, 1.82) is 5.26 Å². The average Bonchev–Trinajstić information content (AvgIpc) is 2.99. The number of hydrogen-bond acceptors (Lipinski definition) is 4. The fourth-order valence-electron chi connectivity index (χ4n) is 2.41. The Bertz CT molecular complexity index is 876. The van der Waals surface area contributed by atoms with E-state index in [1.807, 2.05) is 36.4 Å². The van der Waals surface area contributed by atoms with Crippen LogP contribution >= 0.6 is 0 Å². The summed E-state index contributed by atoms with van der Waals surface area (Å²) < 4.78 is 6.56. The Hall–Kier alpha value is -3.13. The van der Waals surface area contributed by atoms with Crippen molar-refractivity contribution in [2.24, 2.45) is 0 Å². The van der Waals surface area contributed by atoms with Crippen molar-refractivity contribution in [3.05, 3.63) is 59.9 Å². The summed E-state index contributed by atoms with van der Waals surface area (Å²) in [5, 5.41) is 13.7. The van der Waals surface area contributed by atoms with Gasteiger partial charge in [-0.3, -0.25) is 0 Å². The van der Waals surface area contributed by atoms with E-state index in [0.717, 1.165) is 11.1 Å². The van der Waals surface area contributed by atoms with Crippen LogP contribution < -0.4 is 0 Å². The third-order valence-corrected chi connectivity index (χ3v) is 3.38. The topological polar surface area (TPSA) is 67.4 Å². The van der Waals surface area contributed by atoms with Crippen molar-refractivity contribution in [2.45, 2.75) is 6.92 Å². The molecule has 0 amide bonds. The molecule has 0 saturated carbocycles. The molecule has 5 nitrogen and oxygen atoms in total. The Balaban J connectivity index is 2.27.